The van der Waals surface area contributed by atoms with E-state index in [1.54, 1.807) is 12.1 Å². The van der Waals surface area contributed by atoms with Crippen molar-refractivity contribution in [3.05, 3.63) is 101 Å². The quantitative estimate of drug-likeness (QED) is 0.353. The van der Waals surface area contributed by atoms with Crippen LogP contribution in [-0.2, 0) is 24.1 Å². The second kappa shape index (κ2) is 8.17. The number of carbonyl (C=O) groups is 3. The highest BCUT2D eigenvalue weighted by Crippen LogP contribution is 2.69. The molecule has 0 radical (unpaired) electrons. The second-order valence-corrected chi connectivity index (χ2v) is 11.8. The van der Waals surface area contributed by atoms with E-state index in [2.05, 4.69) is 5.32 Å². The maximum Gasteiger partial charge on any atom is 0.247 e. The first kappa shape index (κ1) is 24.2. The summed E-state index contributed by atoms with van der Waals surface area (Å²) >= 11 is 15.0. The van der Waals surface area contributed by atoms with Crippen LogP contribution < -0.4 is 5.32 Å². The minimum absolute atomic E-state index is 0.335. The molecule has 188 valence electrons. The van der Waals surface area contributed by atoms with Crippen LogP contribution in [0.3, 0.4) is 0 Å². The highest BCUT2D eigenvalue weighted by Gasteiger charge is 2.73. The van der Waals surface area contributed by atoms with E-state index in [1.165, 1.54) is 0 Å². The van der Waals surface area contributed by atoms with Gasteiger partial charge in [0, 0.05) is 5.69 Å². The van der Waals surface area contributed by atoms with Crippen LogP contribution in [0.5, 0.6) is 0 Å². The fourth-order valence-electron chi connectivity index (χ4n) is 6.53. The predicted octanol–water partition coefficient (Wildman–Crippen LogP) is 5.55. The van der Waals surface area contributed by atoms with Gasteiger partial charge in [0.05, 0.1) is 11.8 Å². The van der Waals surface area contributed by atoms with Gasteiger partial charge in [0.15, 0.2) is 0 Å². The van der Waals surface area contributed by atoms with Gasteiger partial charge in [0.2, 0.25) is 17.7 Å². The van der Waals surface area contributed by atoms with Crippen LogP contribution in [-0.4, -0.2) is 28.7 Å². The average Bonchev–Trinajstić information content (AvgIpc) is 3.15. The van der Waals surface area contributed by atoms with Gasteiger partial charge >= 0.3 is 0 Å². The third kappa shape index (κ3) is 3.07. The van der Waals surface area contributed by atoms with Gasteiger partial charge in [0.25, 0.3) is 0 Å². The topological polar surface area (TPSA) is 66.5 Å². The van der Waals surface area contributed by atoms with Gasteiger partial charge in [-0.2, -0.15) is 0 Å². The van der Waals surface area contributed by atoms with Crippen molar-refractivity contribution in [2.45, 2.75) is 36.6 Å². The molecule has 0 unspecified atom stereocenters. The predicted molar refractivity (Wildman–Crippen MR) is 143 cm³/mol. The number of imide groups is 1. The Morgan fingerprint density at radius 3 is 1.57 bits per heavy atom. The molecule has 7 heteroatoms. The van der Waals surface area contributed by atoms with E-state index in [0.717, 1.165) is 32.7 Å². The van der Waals surface area contributed by atoms with Crippen LogP contribution in [0.25, 0.3) is 0 Å². The Morgan fingerprint density at radius 1 is 0.784 bits per heavy atom. The number of nitrogens with one attached hydrogen (secondary N) is 1. The lowest BCUT2D eigenvalue weighted by Crippen LogP contribution is -2.57. The first-order chi connectivity index (χ1) is 17.6. The van der Waals surface area contributed by atoms with E-state index in [0.29, 0.717) is 5.69 Å². The SMILES string of the molecule is Cc1ccc(NC(=O)[C@H](C(C)C)N2C(=O)[C@@H]3[C@H](C2=O)C2(Cl)c4ccccc4C3(Cl)c3ccccc32)cc1. The molecule has 1 aliphatic heterocycles. The molecule has 1 N–H and O–H groups in total. The van der Waals surface area contributed by atoms with E-state index in [4.69, 9.17) is 23.2 Å². The van der Waals surface area contributed by atoms with Crippen molar-refractivity contribution >= 4 is 46.6 Å². The summed E-state index contributed by atoms with van der Waals surface area (Å²) in [5.41, 5.74) is 4.60. The summed E-state index contributed by atoms with van der Waals surface area (Å²) < 4.78 is 0. The number of rotatable bonds is 4. The minimum Gasteiger partial charge on any atom is -0.324 e. The average molecular weight is 533 g/mol. The van der Waals surface area contributed by atoms with Crippen LogP contribution in [0.15, 0.2) is 72.8 Å². The summed E-state index contributed by atoms with van der Waals surface area (Å²) in [7, 11) is 0. The molecule has 4 aliphatic rings. The molecule has 0 spiro atoms. The van der Waals surface area contributed by atoms with Gasteiger partial charge in [-0.3, -0.25) is 19.3 Å². The molecule has 1 saturated heterocycles. The number of nitrogens with zero attached hydrogens (tertiary/aromatic N) is 1. The van der Waals surface area contributed by atoms with E-state index >= 15 is 0 Å². The van der Waals surface area contributed by atoms with Gasteiger partial charge in [-0.05, 0) is 47.2 Å². The van der Waals surface area contributed by atoms with Crippen molar-refractivity contribution in [1.29, 1.82) is 0 Å². The van der Waals surface area contributed by atoms with Crippen LogP contribution in [0.2, 0.25) is 0 Å². The van der Waals surface area contributed by atoms with E-state index in [-0.39, 0.29) is 5.92 Å². The van der Waals surface area contributed by atoms with Gasteiger partial charge in [-0.25, -0.2) is 0 Å². The van der Waals surface area contributed by atoms with E-state index < -0.39 is 45.3 Å². The zero-order valence-corrected chi connectivity index (χ0v) is 22.2. The summed E-state index contributed by atoms with van der Waals surface area (Å²) in [5, 5.41) is 2.89. The Morgan fingerprint density at radius 2 is 1.19 bits per heavy atom. The van der Waals surface area contributed by atoms with Crippen molar-refractivity contribution in [3.63, 3.8) is 0 Å². The zero-order valence-electron chi connectivity index (χ0n) is 20.7. The Bertz CT molecular complexity index is 1340. The van der Waals surface area contributed by atoms with E-state index in [1.807, 2.05) is 81.4 Å². The van der Waals surface area contributed by atoms with Crippen LogP contribution in [0.1, 0.15) is 41.7 Å². The third-order valence-electron chi connectivity index (χ3n) is 8.12. The zero-order chi connectivity index (χ0) is 26.3. The number of alkyl halides is 2. The molecule has 37 heavy (non-hydrogen) atoms. The fourth-order valence-corrected chi connectivity index (χ4v) is 7.63. The lowest BCUT2D eigenvalue weighted by molar-refractivity contribution is -0.148. The Balaban J connectivity index is 1.48. The molecule has 3 aromatic rings. The Labute approximate surface area is 225 Å². The molecule has 3 aromatic carbocycles. The number of hydrogen-bond donors (Lipinski definition) is 1. The fraction of sp³-hybridized carbons (Fsp3) is 0.300. The number of hydrogen-bond acceptors (Lipinski definition) is 3. The largest absolute Gasteiger partial charge is 0.324 e. The molecule has 5 nitrogen and oxygen atoms in total. The lowest BCUT2D eigenvalue weighted by atomic mass is 9.54. The summed E-state index contributed by atoms with van der Waals surface area (Å²) in [6.45, 7) is 5.61. The first-order valence-corrected chi connectivity index (χ1v) is 13.2. The molecule has 3 aliphatic carbocycles. The first-order valence-electron chi connectivity index (χ1n) is 12.4. The summed E-state index contributed by atoms with van der Waals surface area (Å²) in [6, 6.07) is 21.4. The smallest absolute Gasteiger partial charge is 0.247 e. The van der Waals surface area contributed by atoms with Gasteiger partial charge in [-0.1, -0.05) is 80.1 Å². The highest BCUT2D eigenvalue weighted by atomic mass is 35.5. The van der Waals surface area contributed by atoms with Gasteiger partial charge in [-0.15, -0.1) is 23.2 Å². The Hall–Kier alpha value is -3.15. The molecular weight excluding hydrogens is 507 g/mol. The summed E-state index contributed by atoms with van der Waals surface area (Å²) in [4.78, 5) is 40.6. The molecular formula is C30H26Cl2N2O3. The van der Waals surface area contributed by atoms with Crippen molar-refractivity contribution in [3.8, 4) is 0 Å². The number of amides is 3. The number of likely N-dealkylation sites (tertiary alicyclic amines) is 1. The molecule has 1 heterocycles. The third-order valence-corrected chi connectivity index (χ3v) is 9.40. The van der Waals surface area contributed by atoms with Gasteiger partial charge < -0.3 is 5.32 Å². The molecule has 3 atom stereocenters. The van der Waals surface area contributed by atoms with Gasteiger partial charge in [0.1, 0.15) is 15.8 Å². The summed E-state index contributed by atoms with van der Waals surface area (Å²) in [6.07, 6.45) is 0. The second-order valence-electron chi connectivity index (χ2n) is 10.6. The minimum atomic E-state index is -1.27. The Kier molecular flexibility index (Phi) is 5.35. The monoisotopic (exact) mass is 532 g/mol. The van der Waals surface area contributed by atoms with Crippen molar-refractivity contribution in [1.82, 2.24) is 4.90 Å². The van der Waals surface area contributed by atoms with Crippen LogP contribution in [0, 0.1) is 24.7 Å². The van der Waals surface area contributed by atoms with Crippen LogP contribution >= 0.6 is 23.2 Å². The highest BCUT2D eigenvalue weighted by molar-refractivity contribution is 6.36. The molecule has 1 fully saturated rings. The molecule has 3 amide bonds. The summed E-state index contributed by atoms with van der Waals surface area (Å²) in [5.74, 6) is -3.55. The maximum absolute atomic E-state index is 14.2. The lowest BCUT2D eigenvalue weighted by Gasteiger charge is -2.54. The molecule has 2 bridgehead atoms. The maximum atomic E-state index is 14.2. The number of anilines is 1. The number of halogens is 2. The number of aryl methyl sites for hydroxylation is 1. The van der Waals surface area contributed by atoms with Crippen molar-refractivity contribution in [2.75, 3.05) is 5.32 Å². The van der Waals surface area contributed by atoms with Crippen LogP contribution in [0.4, 0.5) is 5.69 Å². The molecule has 0 aromatic heterocycles. The molecule has 7 rings (SSSR count). The number of benzene rings is 3. The van der Waals surface area contributed by atoms with Crippen molar-refractivity contribution < 1.29 is 14.4 Å². The van der Waals surface area contributed by atoms with Crippen molar-refractivity contribution in [2.24, 2.45) is 17.8 Å². The molecule has 0 saturated carbocycles. The normalized spacial score (nSPS) is 28.1. The van der Waals surface area contributed by atoms with E-state index in [9.17, 15) is 14.4 Å². The standard InChI is InChI=1S/C30H26Cl2N2O3/c1-16(2)25(26(35)33-18-14-12-17(3)13-15-18)34-27(36)23-24(28(34)37)30(32)20-9-5-4-8-19(20)29(23,31)21-10-6-7-11-22(21)30/h4-16,23-25H,1-3H3,(H,33,35)/t23-,24+,25-,29?,30?/m0/s1. The number of carbonyl (C=O) groups excluding carboxylic acids is 3.